The fourth-order valence-electron chi connectivity index (χ4n) is 1.93. The van der Waals surface area contributed by atoms with Crippen molar-refractivity contribution >= 4 is 11.9 Å². The smallest absolute Gasteiger partial charge is 0.313 e. The third kappa shape index (κ3) is 3.32. The van der Waals surface area contributed by atoms with Crippen molar-refractivity contribution < 1.29 is 19.1 Å². The maximum Gasteiger partial charge on any atom is 0.313 e. The minimum atomic E-state index is -0.608. The van der Waals surface area contributed by atoms with Crippen LogP contribution in [-0.4, -0.2) is 26.2 Å². The maximum atomic E-state index is 11.8. The number of benzene rings is 1. The van der Waals surface area contributed by atoms with E-state index in [-0.39, 0.29) is 6.42 Å². The Morgan fingerprint density at radius 1 is 1.17 bits per heavy atom. The number of carbonyl (C=O) groups is 2. The van der Waals surface area contributed by atoms with E-state index >= 15 is 0 Å². The van der Waals surface area contributed by atoms with Crippen molar-refractivity contribution in [2.24, 2.45) is 0 Å². The van der Waals surface area contributed by atoms with E-state index in [1.807, 2.05) is 32.0 Å². The number of rotatable bonds is 4. The van der Waals surface area contributed by atoms with Crippen molar-refractivity contribution in [3.05, 3.63) is 34.9 Å². The summed E-state index contributed by atoms with van der Waals surface area (Å²) in [6, 6.07) is 5.74. The standard InChI is InChI=1S/C14H18O4/c1-9-5-6-11(10(2)7-9)12(14(16)18-4)8-13(15)17-3/h5-7,12H,8H2,1-4H3/t12-/m1/s1. The molecule has 0 aliphatic rings. The Bertz CT molecular complexity index is 451. The van der Waals surface area contributed by atoms with E-state index < -0.39 is 17.9 Å². The Morgan fingerprint density at radius 3 is 2.33 bits per heavy atom. The van der Waals surface area contributed by atoms with E-state index in [2.05, 4.69) is 4.74 Å². The molecule has 0 saturated carbocycles. The monoisotopic (exact) mass is 250 g/mol. The van der Waals surface area contributed by atoms with Crippen LogP contribution in [0.1, 0.15) is 29.0 Å². The van der Waals surface area contributed by atoms with Crippen LogP contribution in [0, 0.1) is 13.8 Å². The molecular weight excluding hydrogens is 232 g/mol. The van der Waals surface area contributed by atoms with Crippen LogP contribution >= 0.6 is 0 Å². The molecule has 0 aliphatic heterocycles. The molecule has 0 bridgehead atoms. The van der Waals surface area contributed by atoms with E-state index in [0.717, 1.165) is 16.7 Å². The predicted molar refractivity (Wildman–Crippen MR) is 67.3 cm³/mol. The highest BCUT2D eigenvalue weighted by molar-refractivity contribution is 5.84. The average Bonchev–Trinajstić information content (AvgIpc) is 2.35. The van der Waals surface area contributed by atoms with E-state index in [0.29, 0.717) is 0 Å². The van der Waals surface area contributed by atoms with Gasteiger partial charge in [-0.05, 0) is 25.0 Å². The minimum absolute atomic E-state index is 0.00687. The van der Waals surface area contributed by atoms with Crippen molar-refractivity contribution in [1.82, 2.24) is 0 Å². The molecule has 4 heteroatoms. The molecule has 1 aromatic carbocycles. The van der Waals surface area contributed by atoms with E-state index in [1.165, 1.54) is 14.2 Å². The molecule has 18 heavy (non-hydrogen) atoms. The Balaban J connectivity index is 3.09. The summed E-state index contributed by atoms with van der Waals surface area (Å²) in [5.41, 5.74) is 2.88. The molecule has 1 atom stereocenters. The summed E-state index contributed by atoms with van der Waals surface area (Å²) in [5.74, 6) is -1.46. The van der Waals surface area contributed by atoms with Crippen LogP contribution in [0.5, 0.6) is 0 Å². The Morgan fingerprint density at radius 2 is 1.83 bits per heavy atom. The molecule has 0 heterocycles. The summed E-state index contributed by atoms with van der Waals surface area (Å²) in [6.07, 6.45) is -0.00687. The first-order chi connectivity index (χ1) is 8.49. The van der Waals surface area contributed by atoms with Gasteiger partial charge in [0, 0.05) is 0 Å². The summed E-state index contributed by atoms with van der Waals surface area (Å²) in [6.45, 7) is 3.89. The van der Waals surface area contributed by atoms with Crippen molar-refractivity contribution in [1.29, 1.82) is 0 Å². The number of hydrogen-bond acceptors (Lipinski definition) is 4. The van der Waals surface area contributed by atoms with Gasteiger partial charge in [-0.3, -0.25) is 9.59 Å². The third-order valence-electron chi connectivity index (χ3n) is 2.88. The molecule has 1 aromatic rings. The second-order valence-corrected chi connectivity index (χ2v) is 4.22. The summed E-state index contributed by atoms with van der Waals surface area (Å²) in [4.78, 5) is 23.1. The van der Waals surface area contributed by atoms with Gasteiger partial charge in [0.25, 0.3) is 0 Å². The first-order valence-electron chi connectivity index (χ1n) is 5.71. The summed E-state index contributed by atoms with van der Waals surface area (Å²) in [5, 5.41) is 0. The highest BCUT2D eigenvalue weighted by atomic mass is 16.5. The lowest BCUT2D eigenvalue weighted by molar-refractivity contribution is -0.149. The highest BCUT2D eigenvalue weighted by Gasteiger charge is 2.26. The fourth-order valence-corrected chi connectivity index (χ4v) is 1.93. The quantitative estimate of drug-likeness (QED) is 0.768. The molecule has 0 fully saturated rings. The molecule has 0 aromatic heterocycles. The van der Waals surface area contributed by atoms with Gasteiger partial charge >= 0.3 is 11.9 Å². The molecule has 0 spiro atoms. The third-order valence-corrected chi connectivity index (χ3v) is 2.88. The zero-order valence-corrected chi connectivity index (χ0v) is 11.1. The number of carbonyl (C=O) groups excluding carboxylic acids is 2. The van der Waals surface area contributed by atoms with Crippen molar-refractivity contribution in [3.8, 4) is 0 Å². The van der Waals surface area contributed by atoms with Crippen molar-refractivity contribution in [2.75, 3.05) is 14.2 Å². The van der Waals surface area contributed by atoms with Gasteiger partial charge in [-0.25, -0.2) is 0 Å². The van der Waals surface area contributed by atoms with Crippen LogP contribution in [0.3, 0.4) is 0 Å². The normalized spacial score (nSPS) is 11.8. The second kappa shape index (κ2) is 6.19. The second-order valence-electron chi connectivity index (χ2n) is 4.22. The van der Waals surface area contributed by atoms with Gasteiger partial charge in [0.2, 0.25) is 0 Å². The molecule has 0 radical (unpaired) electrons. The first kappa shape index (κ1) is 14.2. The number of methoxy groups -OCH3 is 2. The van der Waals surface area contributed by atoms with Crippen LogP contribution < -0.4 is 0 Å². The average molecular weight is 250 g/mol. The number of aryl methyl sites for hydroxylation is 2. The van der Waals surface area contributed by atoms with Crippen LogP contribution in [0.4, 0.5) is 0 Å². The number of ether oxygens (including phenoxy) is 2. The lowest BCUT2D eigenvalue weighted by atomic mass is 9.91. The number of hydrogen-bond donors (Lipinski definition) is 0. The highest BCUT2D eigenvalue weighted by Crippen LogP contribution is 2.25. The first-order valence-corrected chi connectivity index (χ1v) is 5.71. The molecule has 4 nitrogen and oxygen atoms in total. The predicted octanol–water partition coefficient (Wildman–Crippen LogP) is 2.12. The Labute approximate surface area is 107 Å². The van der Waals surface area contributed by atoms with Crippen LogP contribution in [0.2, 0.25) is 0 Å². The summed E-state index contributed by atoms with van der Waals surface area (Å²) in [7, 11) is 2.62. The van der Waals surface area contributed by atoms with Gasteiger partial charge in [-0.2, -0.15) is 0 Å². The number of esters is 2. The topological polar surface area (TPSA) is 52.6 Å². The van der Waals surface area contributed by atoms with E-state index in [9.17, 15) is 9.59 Å². The van der Waals surface area contributed by atoms with Crippen molar-refractivity contribution in [2.45, 2.75) is 26.2 Å². The van der Waals surface area contributed by atoms with Gasteiger partial charge in [0.15, 0.2) is 0 Å². The Hall–Kier alpha value is -1.84. The van der Waals surface area contributed by atoms with E-state index in [4.69, 9.17) is 4.74 Å². The van der Waals surface area contributed by atoms with Crippen LogP contribution in [0.25, 0.3) is 0 Å². The van der Waals surface area contributed by atoms with Crippen LogP contribution in [-0.2, 0) is 19.1 Å². The fraction of sp³-hybridized carbons (Fsp3) is 0.429. The lowest BCUT2D eigenvalue weighted by Gasteiger charge is -2.16. The molecular formula is C14H18O4. The molecule has 0 aliphatic carbocycles. The molecule has 98 valence electrons. The van der Waals surface area contributed by atoms with Gasteiger partial charge < -0.3 is 9.47 Å². The SMILES string of the molecule is COC(=O)C[C@@H](C(=O)OC)c1ccc(C)cc1C. The molecule has 0 saturated heterocycles. The van der Waals surface area contributed by atoms with Crippen molar-refractivity contribution in [3.63, 3.8) is 0 Å². The van der Waals surface area contributed by atoms with Crippen LogP contribution in [0.15, 0.2) is 18.2 Å². The minimum Gasteiger partial charge on any atom is -0.469 e. The van der Waals surface area contributed by atoms with Gasteiger partial charge in [-0.15, -0.1) is 0 Å². The molecule has 0 N–H and O–H groups in total. The van der Waals surface area contributed by atoms with E-state index in [1.54, 1.807) is 0 Å². The zero-order chi connectivity index (χ0) is 13.7. The maximum absolute atomic E-state index is 11.8. The zero-order valence-electron chi connectivity index (χ0n) is 11.1. The summed E-state index contributed by atoms with van der Waals surface area (Å²) >= 11 is 0. The van der Waals surface area contributed by atoms with Gasteiger partial charge in [0.1, 0.15) is 0 Å². The van der Waals surface area contributed by atoms with Gasteiger partial charge in [-0.1, -0.05) is 23.8 Å². The summed E-state index contributed by atoms with van der Waals surface area (Å²) < 4.78 is 9.36. The lowest BCUT2D eigenvalue weighted by Crippen LogP contribution is -2.19. The molecule has 0 amide bonds. The van der Waals surface area contributed by atoms with Gasteiger partial charge in [0.05, 0.1) is 26.6 Å². The molecule has 1 rings (SSSR count). The Kier molecular flexibility index (Phi) is 4.89. The largest absolute Gasteiger partial charge is 0.469 e. The molecule has 0 unspecified atom stereocenters.